The van der Waals surface area contributed by atoms with Crippen molar-refractivity contribution in [1.82, 2.24) is 19.8 Å². The maximum Gasteiger partial charge on any atom is 0.243 e. The first-order valence-electron chi connectivity index (χ1n) is 7.03. The maximum atomic E-state index is 12.4. The van der Waals surface area contributed by atoms with Gasteiger partial charge >= 0.3 is 0 Å². The van der Waals surface area contributed by atoms with E-state index in [1.807, 2.05) is 20.9 Å². The molecule has 1 aromatic rings. The summed E-state index contributed by atoms with van der Waals surface area (Å²) in [6, 6.07) is -0.117. The number of hydrogen-bond donors (Lipinski definition) is 2. The number of rotatable bonds is 7. The monoisotopic (exact) mass is 316 g/mol. The number of sulfonamides is 1. The highest BCUT2D eigenvalue weighted by Gasteiger charge is 2.50. The van der Waals surface area contributed by atoms with Gasteiger partial charge in [-0.05, 0) is 13.5 Å². The van der Waals surface area contributed by atoms with Crippen LogP contribution in [-0.4, -0.2) is 51.0 Å². The lowest BCUT2D eigenvalue weighted by molar-refractivity contribution is -0.0908. The third-order valence-electron chi connectivity index (χ3n) is 4.27. The first-order chi connectivity index (χ1) is 9.81. The van der Waals surface area contributed by atoms with Crippen molar-refractivity contribution in [2.24, 2.45) is 5.41 Å². The van der Waals surface area contributed by atoms with Crippen LogP contribution in [0, 0.1) is 5.41 Å². The van der Waals surface area contributed by atoms with Crippen LogP contribution in [-0.2, 0) is 21.3 Å². The Morgan fingerprint density at radius 3 is 2.81 bits per heavy atom. The van der Waals surface area contributed by atoms with Crippen molar-refractivity contribution in [3.8, 4) is 0 Å². The van der Waals surface area contributed by atoms with E-state index in [1.165, 1.54) is 6.20 Å². The number of nitrogens with zero attached hydrogens (tertiary/aromatic N) is 2. The summed E-state index contributed by atoms with van der Waals surface area (Å²) in [6.07, 6.45) is 3.72. The zero-order valence-electron chi connectivity index (χ0n) is 13.0. The van der Waals surface area contributed by atoms with E-state index in [-0.39, 0.29) is 22.5 Å². The lowest BCUT2D eigenvalue weighted by atomic mass is 9.65. The van der Waals surface area contributed by atoms with Gasteiger partial charge in [0.05, 0.1) is 18.8 Å². The SMILES string of the molecule is CNCCn1cc(S(=O)(=O)NC2CC(OC)C2(C)C)cn1. The Hall–Kier alpha value is -0.960. The van der Waals surface area contributed by atoms with Gasteiger partial charge in [0.1, 0.15) is 4.90 Å². The molecule has 1 heterocycles. The first-order valence-corrected chi connectivity index (χ1v) is 8.51. The van der Waals surface area contributed by atoms with E-state index in [0.717, 1.165) is 6.54 Å². The van der Waals surface area contributed by atoms with Crippen LogP contribution in [0.2, 0.25) is 0 Å². The van der Waals surface area contributed by atoms with Gasteiger partial charge in [-0.3, -0.25) is 4.68 Å². The molecule has 1 aromatic heterocycles. The third kappa shape index (κ3) is 3.28. The van der Waals surface area contributed by atoms with Crippen molar-refractivity contribution >= 4 is 10.0 Å². The third-order valence-corrected chi connectivity index (χ3v) is 5.70. The summed E-state index contributed by atoms with van der Waals surface area (Å²) in [4.78, 5) is 0.204. The molecule has 21 heavy (non-hydrogen) atoms. The van der Waals surface area contributed by atoms with Crippen molar-refractivity contribution in [1.29, 1.82) is 0 Å². The Kier molecular flexibility index (Phi) is 4.72. The molecule has 1 fully saturated rings. The van der Waals surface area contributed by atoms with Crippen LogP contribution in [0.4, 0.5) is 0 Å². The van der Waals surface area contributed by atoms with E-state index < -0.39 is 10.0 Å². The van der Waals surface area contributed by atoms with Crippen LogP contribution in [0.15, 0.2) is 17.3 Å². The van der Waals surface area contributed by atoms with E-state index >= 15 is 0 Å². The summed E-state index contributed by atoms with van der Waals surface area (Å²) >= 11 is 0. The molecular weight excluding hydrogens is 292 g/mol. The molecular formula is C13H24N4O3S. The zero-order chi connectivity index (χ0) is 15.7. The molecule has 0 aliphatic heterocycles. The van der Waals surface area contributed by atoms with Gasteiger partial charge in [0.25, 0.3) is 0 Å². The number of likely N-dealkylation sites (N-methyl/N-ethyl adjacent to an activating group) is 1. The second-order valence-corrected chi connectivity index (χ2v) is 7.71. The average Bonchev–Trinajstić information content (AvgIpc) is 2.90. The highest BCUT2D eigenvalue weighted by Crippen LogP contribution is 2.42. The standard InChI is InChI=1S/C13H24N4O3S/c1-13(2)11(7-12(13)20-4)16-21(18,19)10-8-15-17(9-10)6-5-14-3/h8-9,11-12,14,16H,5-7H2,1-4H3. The van der Waals surface area contributed by atoms with Crippen molar-refractivity contribution in [2.75, 3.05) is 20.7 Å². The number of methoxy groups -OCH3 is 1. The molecule has 1 saturated carbocycles. The van der Waals surface area contributed by atoms with E-state index in [9.17, 15) is 8.42 Å². The largest absolute Gasteiger partial charge is 0.381 e. The fraction of sp³-hybridized carbons (Fsp3) is 0.769. The van der Waals surface area contributed by atoms with E-state index in [4.69, 9.17) is 4.74 Å². The van der Waals surface area contributed by atoms with Gasteiger partial charge in [0, 0.05) is 31.3 Å². The molecule has 8 heteroatoms. The van der Waals surface area contributed by atoms with Crippen molar-refractivity contribution in [3.05, 3.63) is 12.4 Å². The number of nitrogens with one attached hydrogen (secondary N) is 2. The van der Waals surface area contributed by atoms with Crippen LogP contribution in [0.3, 0.4) is 0 Å². The summed E-state index contributed by atoms with van der Waals surface area (Å²) in [5, 5.41) is 7.07. The quantitative estimate of drug-likeness (QED) is 0.750. The minimum Gasteiger partial charge on any atom is -0.381 e. The molecule has 120 valence electrons. The summed E-state index contributed by atoms with van der Waals surface area (Å²) in [5.41, 5.74) is -0.204. The van der Waals surface area contributed by atoms with Gasteiger partial charge in [0.15, 0.2) is 0 Å². The second kappa shape index (κ2) is 6.04. The number of hydrogen-bond acceptors (Lipinski definition) is 5. The topological polar surface area (TPSA) is 85.2 Å². The zero-order valence-corrected chi connectivity index (χ0v) is 13.8. The second-order valence-electron chi connectivity index (χ2n) is 6.00. The van der Waals surface area contributed by atoms with Crippen LogP contribution in [0.5, 0.6) is 0 Å². The Bertz CT molecular complexity index is 582. The highest BCUT2D eigenvalue weighted by atomic mass is 32.2. The molecule has 0 spiro atoms. The Balaban J connectivity index is 2.04. The summed E-state index contributed by atoms with van der Waals surface area (Å²) < 4.78 is 34.5. The lowest BCUT2D eigenvalue weighted by Crippen LogP contribution is -2.61. The normalized spacial score (nSPS) is 24.8. The van der Waals surface area contributed by atoms with Gasteiger partial charge in [-0.15, -0.1) is 0 Å². The number of ether oxygens (including phenoxy) is 1. The van der Waals surface area contributed by atoms with Crippen molar-refractivity contribution < 1.29 is 13.2 Å². The molecule has 7 nitrogen and oxygen atoms in total. The molecule has 1 aliphatic rings. The van der Waals surface area contributed by atoms with Crippen LogP contribution in [0.1, 0.15) is 20.3 Å². The molecule has 0 amide bonds. The van der Waals surface area contributed by atoms with E-state index in [1.54, 1.807) is 18.0 Å². The van der Waals surface area contributed by atoms with Gasteiger partial charge in [-0.2, -0.15) is 5.10 Å². The molecule has 2 N–H and O–H groups in total. The molecule has 0 bridgehead atoms. The number of aromatic nitrogens is 2. The molecule has 1 aliphatic carbocycles. The van der Waals surface area contributed by atoms with Crippen LogP contribution < -0.4 is 10.0 Å². The van der Waals surface area contributed by atoms with Gasteiger partial charge < -0.3 is 10.1 Å². The molecule has 2 rings (SSSR count). The molecule has 2 unspecified atom stereocenters. The molecule has 0 saturated heterocycles. The Morgan fingerprint density at radius 1 is 1.52 bits per heavy atom. The minimum absolute atomic E-state index is 0.0866. The van der Waals surface area contributed by atoms with Crippen molar-refractivity contribution in [2.45, 2.75) is 43.9 Å². The van der Waals surface area contributed by atoms with E-state index in [2.05, 4.69) is 15.1 Å². The predicted molar refractivity (Wildman–Crippen MR) is 79.5 cm³/mol. The van der Waals surface area contributed by atoms with Crippen LogP contribution in [0.25, 0.3) is 0 Å². The minimum atomic E-state index is -3.54. The Labute approximate surface area is 126 Å². The highest BCUT2D eigenvalue weighted by molar-refractivity contribution is 7.89. The van der Waals surface area contributed by atoms with Crippen molar-refractivity contribution in [3.63, 3.8) is 0 Å². The predicted octanol–water partition coefficient (Wildman–Crippen LogP) is 0.194. The lowest BCUT2D eigenvalue weighted by Gasteiger charge is -2.50. The average molecular weight is 316 g/mol. The van der Waals surface area contributed by atoms with E-state index in [0.29, 0.717) is 13.0 Å². The summed E-state index contributed by atoms with van der Waals surface area (Å²) in [7, 11) is -0.0400. The first kappa shape index (κ1) is 16.4. The fourth-order valence-corrected chi connectivity index (χ4v) is 3.93. The van der Waals surface area contributed by atoms with Gasteiger partial charge in [0.2, 0.25) is 10.0 Å². The summed E-state index contributed by atoms with van der Waals surface area (Å²) in [5.74, 6) is 0. The molecule has 0 aromatic carbocycles. The van der Waals surface area contributed by atoms with Gasteiger partial charge in [-0.1, -0.05) is 13.8 Å². The van der Waals surface area contributed by atoms with Gasteiger partial charge in [-0.25, -0.2) is 13.1 Å². The molecule has 0 radical (unpaired) electrons. The smallest absolute Gasteiger partial charge is 0.243 e. The van der Waals surface area contributed by atoms with Crippen LogP contribution >= 0.6 is 0 Å². The Morgan fingerprint density at radius 2 is 2.24 bits per heavy atom. The fourth-order valence-electron chi connectivity index (χ4n) is 2.57. The molecule has 2 atom stereocenters. The summed E-state index contributed by atoms with van der Waals surface area (Å²) in [6.45, 7) is 5.38. The maximum absolute atomic E-state index is 12.4.